The molecular weight excluding hydrogens is 192 g/mol. The first-order valence-electron chi connectivity index (χ1n) is 3.41. The Kier molecular flexibility index (Phi) is 9.57. The Hall–Kier alpha value is 0.439. The molecule has 1 radical (unpaired) electrons. The molecule has 0 spiro atoms. The van der Waals surface area contributed by atoms with Gasteiger partial charge in [0, 0.05) is 17.1 Å². The Bertz CT molecular complexity index is 55.1. The van der Waals surface area contributed by atoms with Crippen molar-refractivity contribution in [2.75, 3.05) is 0 Å². The zero-order valence-electron chi connectivity index (χ0n) is 8.12. The molecule has 2 nitrogen and oxygen atoms in total. The minimum absolute atomic E-state index is 0. The fourth-order valence-corrected chi connectivity index (χ4v) is 0. The van der Waals surface area contributed by atoms with Gasteiger partial charge in [0.05, 0.1) is 0 Å². The zero-order chi connectivity index (χ0) is 9.00. The Morgan fingerprint density at radius 2 is 0.636 bits per heavy atom. The molecule has 0 aliphatic heterocycles. The van der Waals surface area contributed by atoms with E-state index < -0.39 is 11.2 Å². The molecule has 3 heteroatoms. The largest absolute Gasteiger partial charge is 0.850 e. The molecule has 0 saturated heterocycles. The van der Waals surface area contributed by atoms with Crippen molar-refractivity contribution in [2.45, 2.75) is 52.7 Å². The van der Waals surface area contributed by atoms with Gasteiger partial charge in [-0.15, -0.1) is 11.2 Å². The van der Waals surface area contributed by atoms with Crippen molar-refractivity contribution in [2.24, 2.45) is 0 Å². The average Bonchev–Trinajstić information content (AvgIpc) is 1.12. The molecule has 0 saturated carbocycles. The van der Waals surface area contributed by atoms with E-state index in [-0.39, 0.29) is 17.1 Å². The number of hydrogen-bond acceptors (Lipinski definition) is 2. The van der Waals surface area contributed by atoms with E-state index in [9.17, 15) is 10.2 Å². The SMILES string of the molecule is CC(C)(C)[O-].CC(C)(C)[O-].[Cu]. The summed E-state index contributed by atoms with van der Waals surface area (Å²) in [5, 5.41) is 20.2. The first kappa shape index (κ1) is 17.5. The van der Waals surface area contributed by atoms with E-state index in [1.54, 1.807) is 41.5 Å². The van der Waals surface area contributed by atoms with E-state index in [4.69, 9.17) is 0 Å². The normalized spacial score (nSPS) is 10.9. The summed E-state index contributed by atoms with van der Waals surface area (Å²) < 4.78 is 0. The van der Waals surface area contributed by atoms with Gasteiger partial charge in [-0.2, -0.15) is 0 Å². The van der Waals surface area contributed by atoms with Crippen molar-refractivity contribution in [3.63, 3.8) is 0 Å². The van der Waals surface area contributed by atoms with Gasteiger partial charge in [-0.1, -0.05) is 41.5 Å². The summed E-state index contributed by atoms with van der Waals surface area (Å²) in [6.45, 7) is 9.79. The van der Waals surface area contributed by atoms with E-state index in [2.05, 4.69) is 0 Å². The van der Waals surface area contributed by atoms with Crippen LogP contribution in [0.1, 0.15) is 41.5 Å². The van der Waals surface area contributed by atoms with E-state index in [1.165, 1.54) is 0 Å². The first-order valence-corrected chi connectivity index (χ1v) is 3.41. The summed E-state index contributed by atoms with van der Waals surface area (Å²) >= 11 is 0. The molecule has 0 atom stereocenters. The third-order valence-electron chi connectivity index (χ3n) is 0. The van der Waals surface area contributed by atoms with Gasteiger partial charge >= 0.3 is 0 Å². The molecule has 0 unspecified atom stereocenters. The molecule has 0 aliphatic carbocycles. The predicted octanol–water partition coefficient (Wildman–Crippen LogP) is 0.288. The first-order chi connectivity index (χ1) is 4.00. The quantitative estimate of drug-likeness (QED) is 0.539. The van der Waals surface area contributed by atoms with Gasteiger partial charge in [-0.05, 0) is 0 Å². The van der Waals surface area contributed by atoms with Gasteiger partial charge < -0.3 is 10.2 Å². The maximum absolute atomic E-state index is 10.1. The Balaban J connectivity index is -0.000000107. The minimum atomic E-state index is -0.750. The standard InChI is InChI=1S/2C4H9O.Cu/c2*1-4(2,3)5;/h2*1-3H3;/q2*-1;. The molecule has 0 rings (SSSR count). The second kappa shape index (κ2) is 6.01. The maximum atomic E-state index is 10.1. The summed E-state index contributed by atoms with van der Waals surface area (Å²) in [7, 11) is 0. The number of rotatable bonds is 0. The molecule has 0 aromatic rings. The zero-order valence-corrected chi connectivity index (χ0v) is 9.06. The van der Waals surface area contributed by atoms with E-state index in [0.717, 1.165) is 0 Å². The maximum Gasteiger partial charge on any atom is 0 e. The van der Waals surface area contributed by atoms with Crippen molar-refractivity contribution in [3.05, 3.63) is 0 Å². The predicted molar refractivity (Wildman–Crippen MR) is 39.5 cm³/mol. The van der Waals surface area contributed by atoms with Crippen LogP contribution in [-0.2, 0) is 17.1 Å². The fraction of sp³-hybridized carbons (Fsp3) is 1.00. The van der Waals surface area contributed by atoms with Gasteiger partial charge in [0.2, 0.25) is 0 Å². The van der Waals surface area contributed by atoms with Crippen molar-refractivity contribution < 1.29 is 27.3 Å². The van der Waals surface area contributed by atoms with Crippen molar-refractivity contribution >= 4 is 0 Å². The molecule has 0 aromatic carbocycles. The molecule has 11 heavy (non-hydrogen) atoms. The van der Waals surface area contributed by atoms with Gasteiger partial charge in [-0.3, -0.25) is 0 Å². The van der Waals surface area contributed by atoms with E-state index >= 15 is 0 Å². The van der Waals surface area contributed by atoms with Crippen molar-refractivity contribution in [1.29, 1.82) is 0 Å². The summed E-state index contributed by atoms with van der Waals surface area (Å²) in [6.07, 6.45) is 0. The molecule has 0 amide bonds. The van der Waals surface area contributed by atoms with Gasteiger partial charge in [0.1, 0.15) is 0 Å². The smallest absolute Gasteiger partial charge is 0 e. The average molecular weight is 210 g/mol. The second-order valence-electron chi connectivity index (χ2n) is 4.22. The Labute approximate surface area is 80.5 Å². The van der Waals surface area contributed by atoms with Crippen LogP contribution < -0.4 is 10.2 Å². The molecule has 0 bridgehead atoms. The number of hydrogen-bond donors (Lipinski definition) is 0. The molecule has 0 N–H and O–H groups in total. The van der Waals surface area contributed by atoms with Crippen LogP contribution in [0.25, 0.3) is 0 Å². The van der Waals surface area contributed by atoms with Crippen LogP contribution in [-0.4, -0.2) is 11.2 Å². The Morgan fingerprint density at radius 1 is 0.636 bits per heavy atom. The van der Waals surface area contributed by atoms with Crippen LogP contribution >= 0.6 is 0 Å². The van der Waals surface area contributed by atoms with Crippen LogP contribution in [0.4, 0.5) is 0 Å². The van der Waals surface area contributed by atoms with Crippen LogP contribution in [0.5, 0.6) is 0 Å². The molecule has 75 valence electrons. The molecule has 0 aliphatic rings. The second-order valence-corrected chi connectivity index (χ2v) is 4.22. The van der Waals surface area contributed by atoms with Gasteiger partial charge in [0.25, 0.3) is 0 Å². The summed E-state index contributed by atoms with van der Waals surface area (Å²) in [5.74, 6) is 0. The van der Waals surface area contributed by atoms with Crippen LogP contribution in [0, 0.1) is 0 Å². The summed E-state index contributed by atoms with van der Waals surface area (Å²) in [4.78, 5) is 0. The topological polar surface area (TPSA) is 46.1 Å². The van der Waals surface area contributed by atoms with Crippen molar-refractivity contribution in [3.8, 4) is 0 Å². The molecule has 0 heterocycles. The minimum Gasteiger partial charge on any atom is -0.850 e. The molecule has 0 aromatic heterocycles. The summed E-state index contributed by atoms with van der Waals surface area (Å²) in [6, 6.07) is 0. The van der Waals surface area contributed by atoms with Gasteiger partial charge in [0.15, 0.2) is 0 Å². The van der Waals surface area contributed by atoms with Crippen LogP contribution in [0.2, 0.25) is 0 Å². The van der Waals surface area contributed by atoms with Crippen molar-refractivity contribution in [1.82, 2.24) is 0 Å². The Morgan fingerprint density at radius 3 is 0.636 bits per heavy atom. The fourth-order valence-electron chi connectivity index (χ4n) is 0. The third-order valence-corrected chi connectivity index (χ3v) is 0. The molecule has 0 fully saturated rings. The molecular formula is C8H18CuO2-2. The van der Waals surface area contributed by atoms with Crippen LogP contribution in [0.15, 0.2) is 0 Å². The third kappa shape index (κ3) is 3850. The van der Waals surface area contributed by atoms with E-state index in [1.807, 2.05) is 0 Å². The monoisotopic (exact) mass is 209 g/mol. The van der Waals surface area contributed by atoms with Gasteiger partial charge in [-0.25, -0.2) is 0 Å². The summed E-state index contributed by atoms with van der Waals surface area (Å²) in [5.41, 5.74) is -1.50. The van der Waals surface area contributed by atoms with E-state index in [0.29, 0.717) is 0 Å². The van der Waals surface area contributed by atoms with Crippen LogP contribution in [0.3, 0.4) is 0 Å².